The molecular formula is C25H37N3O3. The summed E-state index contributed by atoms with van der Waals surface area (Å²) in [6.07, 6.45) is 9.86. The van der Waals surface area contributed by atoms with E-state index in [0.29, 0.717) is 25.9 Å². The molecular weight excluding hydrogens is 390 g/mol. The zero-order chi connectivity index (χ0) is 21.7. The van der Waals surface area contributed by atoms with E-state index in [1.165, 1.54) is 58.0 Å². The maximum absolute atomic E-state index is 13.1. The molecule has 2 heterocycles. The molecule has 6 heteroatoms. The standard InChI is InChI=1S/C25H37N3O3/c1-31-22-10-4-3-9-20(22)17-27-18-21(11-12-23(27)29)24(30)26-19-25(13-5-6-14-25)28-15-7-2-8-16-28/h3-4,9-10,21H,2,5-8,11-19H2,1H3,(H,26,30)/t21-/m0/s1. The van der Waals surface area contributed by atoms with E-state index in [1.807, 2.05) is 29.2 Å². The summed E-state index contributed by atoms with van der Waals surface area (Å²) < 4.78 is 5.44. The number of likely N-dealkylation sites (tertiary alicyclic amines) is 2. The second kappa shape index (κ2) is 10.0. The number of methoxy groups -OCH3 is 1. The van der Waals surface area contributed by atoms with E-state index in [9.17, 15) is 9.59 Å². The zero-order valence-corrected chi connectivity index (χ0v) is 18.9. The van der Waals surface area contributed by atoms with Gasteiger partial charge in [-0.05, 0) is 51.3 Å². The van der Waals surface area contributed by atoms with E-state index in [4.69, 9.17) is 4.74 Å². The van der Waals surface area contributed by atoms with Crippen molar-refractivity contribution < 1.29 is 14.3 Å². The van der Waals surface area contributed by atoms with Gasteiger partial charge in [0.05, 0.1) is 13.0 Å². The monoisotopic (exact) mass is 427 g/mol. The van der Waals surface area contributed by atoms with Crippen LogP contribution in [0.15, 0.2) is 24.3 Å². The molecule has 170 valence electrons. The number of carbonyl (C=O) groups is 2. The van der Waals surface area contributed by atoms with E-state index < -0.39 is 0 Å². The molecule has 1 aliphatic carbocycles. The van der Waals surface area contributed by atoms with Crippen molar-refractivity contribution in [3.05, 3.63) is 29.8 Å². The number of hydrogen-bond acceptors (Lipinski definition) is 4. The molecule has 1 saturated carbocycles. The minimum Gasteiger partial charge on any atom is -0.496 e. The van der Waals surface area contributed by atoms with Crippen LogP contribution in [0.1, 0.15) is 63.4 Å². The van der Waals surface area contributed by atoms with Gasteiger partial charge in [-0.15, -0.1) is 0 Å². The first-order valence-corrected chi connectivity index (χ1v) is 12.0. The van der Waals surface area contributed by atoms with Gasteiger partial charge in [-0.2, -0.15) is 0 Å². The highest BCUT2D eigenvalue weighted by Crippen LogP contribution is 2.36. The molecule has 1 N–H and O–H groups in total. The maximum Gasteiger partial charge on any atom is 0.224 e. The highest BCUT2D eigenvalue weighted by atomic mass is 16.5. The summed E-state index contributed by atoms with van der Waals surface area (Å²) in [5.41, 5.74) is 1.13. The van der Waals surface area contributed by atoms with Crippen LogP contribution >= 0.6 is 0 Å². The highest BCUT2D eigenvalue weighted by Gasteiger charge is 2.41. The molecule has 6 nitrogen and oxygen atoms in total. The summed E-state index contributed by atoms with van der Waals surface area (Å²) in [7, 11) is 1.65. The quantitative estimate of drug-likeness (QED) is 0.725. The van der Waals surface area contributed by atoms with Crippen LogP contribution in [0.5, 0.6) is 5.75 Å². The molecule has 2 saturated heterocycles. The lowest BCUT2D eigenvalue weighted by molar-refractivity contribution is -0.139. The van der Waals surface area contributed by atoms with Crippen LogP contribution in [0, 0.1) is 5.92 Å². The third kappa shape index (κ3) is 5.05. The first-order valence-electron chi connectivity index (χ1n) is 12.0. The van der Waals surface area contributed by atoms with Crippen molar-refractivity contribution in [2.24, 2.45) is 5.92 Å². The number of piperidine rings is 2. The average Bonchev–Trinajstić information content (AvgIpc) is 3.30. The van der Waals surface area contributed by atoms with Gasteiger partial charge >= 0.3 is 0 Å². The van der Waals surface area contributed by atoms with E-state index in [1.54, 1.807) is 7.11 Å². The second-order valence-electron chi connectivity index (χ2n) is 9.52. The molecule has 1 atom stereocenters. The van der Waals surface area contributed by atoms with Crippen LogP contribution in [-0.2, 0) is 16.1 Å². The lowest BCUT2D eigenvalue weighted by Gasteiger charge is -2.44. The third-order valence-electron chi connectivity index (χ3n) is 7.58. The number of nitrogens with zero attached hydrogens (tertiary/aromatic N) is 2. The zero-order valence-electron chi connectivity index (χ0n) is 18.9. The first-order chi connectivity index (χ1) is 15.1. The van der Waals surface area contributed by atoms with Crippen LogP contribution in [0.4, 0.5) is 0 Å². The van der Waals surface area contributed by atoms with Crippen molar-refractivity contribution in [2.75, 3.05) is 33.3 Å². The fourth-order valence-electron chi connectivity index (χ4n) is 5.72. The lowest BCUT2D eigenvalue weighted by Crippen LogP contribution is -2.56. The Labute approximate surface area is 186 Å². The van der Waals surface area contributed by atoms with Crippen LogP contribution in [0.25, 0.3) is 0 Å². The molecule has 31 heavy (non-hydrogen) atoms. The van der Waals surface area contributed by atoms with Gasteiger partial charge in [0.15, 0.2) is 0 Å². The first kappa shape index (κ1) is 22.1. The molecule has 2 amide bonds. The maximum atomic E-state index is 13.1. The Morgan fingerprint density at radius 3 is 2.61 bits per heavy atom. The third-order valence-corrected chi connectivity index (χ3v) is 7.58. The molecule has 3 fully saturated rings. The minimum atomic E-state index is -0.132. The van der Waals surface area contributed by atoms with Gasteiger partial charge < -0.3 is 15.0 Å². The summed E-state index contributed by atoms with van der Waals surface area (Å²) in [5.74, 6) is 0.884. The number of rotatable bonds is 7. The molecule has 2 aliphatic heterocycles. The second-order valence-corrected chi connectivity index (χ2v) is 9.52. The summed E-state index contributed by atoms with van der Waals surface area (Å²) in [5, 5.41) is 3.31. The molecule has 0 unspecified atom stereocenters. The highest BCUT2D eigenvalue weighted by molar-refractivity contribution is 5.83. The van der Waals surface area contributed by atoms with Crippen LogP contribution in [0.3, 0.4) is 0 Å². The van der Waals surface area contributed by atoms with Gasteiger partial charge in [-0.1, -0.05) is 37.5 Å². The van der Waals surface area contributed by atoms with Crippen molar-refractivity contribution in [1.29, 1.82) is 0 Å². The van der Waals surface area contributed by atoms with Crippen molar-refractivity contribution in [3.63, 3.8) is 0 Å². The van der Waals surface area contributed by atoms with Gasteiger partial charge in [-0.3, -0.25) is 14.5 Å². The van der Waals surface area contributed by atoms with Gasteiger partial charge in [-0.25, -0.2) is 0 Å². The van der Waals surface area contributed by atoms with Crippen molar-refractivity contribution in [2.45, 2.75) is 69.9 Å². The normalized spacial score (nSPS) is 24.2. The van der Waals surface area contributed by atoms with Gasteiger partial charge in [0.2, 0.25) is 11.8 Å². The Bertz CT molecular complexity index is 769. The van der Waals surface area contributed by atoms with Gasteiger partial charge in [0.25, 0.3) is 0 Å². The largest absolute Gasteiger partial charge is 0.496 e. The summed E-state index contributed by atoms with van der Waals surface area (Å²) >= 11 is 0. The number of hydrogen-bond donors (Lipinski definition) is 1. The lowest BCUT2D eigenvalue weighted by atomic mass is 9.91. The number of nitrogens with one attached hydrogen (secondary N) is 1. The average molecular weight is 428 g/mol. The smallest absolute Gasteiger partial charge is 0.224 e. The van der Waals surface area contributed by atoms with E-state index in [-0.39, 0.29) is 23.3 Å². The predicted molar refractivity (Wildman–Crippen MR) is 121 cm³/mol. The molecule has 0 spiro atoms. The number of benzene rings is 1. The Morgan fingerprint density at radius 1 is 1.13 bits per heavy atom. The number of ether oxygens (including phenoxy) is 1. The summed E-state index contributed by atoms with van der Waals surface area (Å²) in [6.45, 7) is 4.06. The Morgan fingerprint density at radius 2 is 1.87 bits per heavy atom. The molecule has 0 aromatic heterocycles. The topological polar surface area (TPSA) is 61.9 Å². The van der Waals surface area contributed by atoms with E-state index in [0.717, 1.165) is 17.9 Å². The Hall–Kier alpha value is -2.08. The van der Waals surface area contributed by atoms with Crippen molar-refractivity contribution >= 4 is 11.8 Å². The van der Waals surface area contributed by atoms with Crippen molar-refractivity contribution in [3.8, 4) is 5.75 Å². The van der Waals surface area contributed by atoms with Crippen molar-refractivity contribution in [1.82, 2.24) is 15.1 Å². The van der Waals surface area contributed by atoms with E-state index in [2.05, 4.69) is 10.2 Å². The molecule has 1 aromatic carbocycles. The Balaban J connectivity index is 1.36. The van der Waals surface area contributed by atoms with Crippen LogP contribution in [0.2, 0.25) is 0 Å². The molecule has 3 aliphatic rings. The number of amides is 2. The number of para-hydroxylation sites is 1. The number of carbonyl (C=O) groups excluding carboxylic acids is 2. The molecule has 0 bridgehead atoms. The minimum absolute atomic E-state index is 0.112. The summed E-state index contributed by atoms with van der Waals surface area (Å²) in [4.78, 5) is 30.1. The Kier molecular flexibility index (Phi) is 7.16. The predicted octanol–water partition coefficient (Wildman–Crippen LogP) is 3.35. The molecule has 4 rings (SSSR count). The SMILES string of the molecule is COc1ccccc1CN1C[C@@H](C(=O)NCC2(N3CCCCC3)CCCC2)CCC1=O. The van der Waals surface area contributed by atoms with Gasteiger partial charge in [0.1, 0.15) is 5.75 Å². The molecule has 0 radical (unpaired) electrons. The fourth-order valence-corrected chi connectivity index (χ4v) is 5.72. The summed E-state index contributed by atoms with van der Waals surface area (Å²) in [6, 6.07) is 7.78. The van der Waals surface area contributed by atoms with Crippen LogP contribution < -0.4 is 10.1 Å². The molecule has 1 aromatic rings. The fraction of sp³-hybridized carbons (Fsp3) is 0.680. The van der Waals surface area contributed by atoms with Crippen LogP contribution in [-0.4, -0.2) is 60.4 Å². The van der Waals surface area contributed by atoms with E-state index >= 15 is 0 Å². The van der Waals surface area contributed by atoms with Gasteiger partial charge in [0, 0.05) is 37.2 Å².